The second kappa shape index (κ2) is 11.0. The van der Waals surface area contributed by atoms with Gasteiger partial charge in [0.05, 0.1) is 35.4 Å². The van der Waals surface area contributed by atoms with Crippen LogP contribution in [0.15, 0.2) is 84.0 Å². The van der Waals surface area contributed by atoms with Crippen LogP contribution < -0.4 is 14.9 Å². The number of hydrogen-bond acceptors (Lipinski definition) is 5. The van der Waals surface area contributed by atoms with Crippen LogP contribution >= 0.6 is 23.2 Å². The van der Waals surface area contributed by atoms with Crippen molar-refractivity contribution in [1.82, 2.24) is 5.43 Å². The molecule has 0 saturated heterocycles. The van der Waals surface area contributed by atoms with E-state index in [9.17, 15) is 9.59 Å². The predicted molar refractivity (Wildman–Crippen MR) is 138 cm³/mol. The van der Waals surface area contributed by atoms with E-state index in [1.54, 1.807) is 18.2 Å². The van der Waals surface area contributed by atoms with Crippen molar-refractivity contribution in [3.63, 3.8) is 0 Å². The van der Waals surface area contributed by atoms with Gasteiger partial charge in [0.2, 0.25) is 5.91 Å². The lowest BCUT2D eigenvalue weighted by atomic mass is 10.0. The van der Waals surface area contributed by atoms with Gasteiger partial charge >= 0.3 is 5.97 Å². The van der Waals surface area contributed by atoms with E-state index >= 15 is 0 Å². The van der Waals surface area contributed by atoms with Crippen LogP contribution in [0.4, 0.5) is 0 Å². The summed E-state index contributed by atoms with van der Waals surface area (Å²) < 4.78 is 10.8. The minimum Gasteiger partial charge on any atom is -0.493 e. The molecule has 8 heteroatoms. The van der Waals surface area contributed by atoms with Crippen molar-refractivity contribution in [1.29, 1.82) is 0 Å². The van der Waals surface area contributed by atoms with Crippen molar-refractivity contribution >= 4 is 52.1 Å². The number of benzene rings is 4. The fourth-order valence-corrected chi connectivity index (χ4v) is 3.77. The normalized spacial score (nSPS) is 10.9. The van der Waals surface area contributed by atoms with E-state index in [0.29, 0.717) is 16.3 Å². The maximum Gasteiger partial charge on any atom is 0.343 e. The second-order valence-electron chi connectivity index (χ2n) is 7.54. The molecule has 0 bridgehead atoms. The van der Waals surface area contributed by atoms with Crippen LogP contribution in [0.1, 0.15) is 21.5 Å². The Labute approximate surface area is 212 Å². The first-order valence-corrected chi connectivity index (χ1v) is 11.3. The van der Waals surface area contributed by atoms with Crippen LogP contribution in [0.2, 0.25) is 10.0 Å². The summed E-state index contributed by atoms with van der Waals surface area (Å²) >= 11 is 11.9. The molecule has 0 aliphatic carbocycles. The minimum absolute atomic E-state index is 0.200. The average Bonchev–Trinajstić information content (AvgIpc) is 2.86. The summed E-state index contributed by atoms with van der Waals surface area (Å²) in [4.78, 5) is 24.9. The van der Waals surface area contributed by atoms with E-state index in [0.717, 1.165) is 16.3 Å². The molecule has 0 radical (unpaired) electrons. The maximum atomic E-state index is 12.5. The summed E-state index contributed by atoms with van der Waals surface area (Å²) in [5, 5.41) is 6.74. The molecule has 0 aliphatic rings. The molecular formula is C27H20Cl2N2O4. The number of hydrogen-bond donors (Lipinski definition) is 1. The summed E-state index contributed by atoms with van der Waals surface area (Å²) in [5.41, 5.74) is 4.35. The third-order valence-corrected chi connectivity index (χ3v) is 5.92. The van der Waals surface area contributed by atoms with Crippen molar-refractivity contribution in [2.45, 2.75) is 6.42 Å². The summed E-state index contributed by atoms with van der Waals surface area (Å²) in [5.74, 6) is -0.300. The van der Waals surface area contributed by atoms with E-state index < -0.39 is 5.97 Å². The number of hydrazone groups is 1. The number of carbonyl (C=O) groups excluding carboxylic acids is 2. The molecule has 176 valence electrons. The lowest BCUT2D eigenvalue weighted by molar-refractivity contribution is -0.120. The number of ether oxygens (including phenoxy) is 2. The van der Waals surface area contributed by atoms with E-state index in [-0.39, 0.29) is 28.7 Å². The van der Waals surface area contributed by atoms with Gasteiger partial charge in [-0.25, -0.2) is 10.2 Å². The summed E-state index contributed by atoms with van der Waals surface area (Å²) in [6, 6.07) is 23.1. The minimum atomic E-state index is -0.607. The van der Waals surface area contributed by atoms with Gasteiger partial charge in [0.25, 0.3) is 0 Å². The van der Waals surface area contributed by atoms with E-state index in [1.165, 1.54) is 31.5 Å². The molecule has 0 fully saturated rings. The van der Waals surface area contributed by atoms with Gasteiger partial charge in [-0.05, 0) is 58.3 Å². The first-order valence-electron chi connectivity index (χ1n) is 10.6. The number of amides is 1. The van der Waals surface area contributed by atoms with Crippen molar-refractivity contribution in [2.24, 2.45) is 5.10 Å². The van der Waals surface area contributed by atoms with Crippen LogP contribution in [0, 0.1) is 0 Å². The Hall–Kier alpha value is -3.87. The lowest BCUT2D eigenvalue weighted by Crippen LogP contribution is -2.19. The number of methoxy groups -OCH3 is 1. The second-order valence-corrected chi connectivity index (χ2v) is 8.35. The number of nitrogens with zero attached hydrogens (tertiary/aromatic N) is 1. The quantitative estimate of drug-likeness (QED) is 0.143. The molecule has 0 saturated carbocycles. The Morgan fingerprint density at radius 3 is 2.51 bits per heavy atom. The van der Waals surface area contributed by atoms with E-state index in [2.05, 4.69) is 10.5 Å². The first-order chi connectivity index (χ1) is 16.9. The SMILES string of the molecule is COc1cc(/C=N\NC(=O)Cc2cccc3ccccc23)ccc1OC(=O)c1ccc(Cl)c(Cl)c1. The number of esters is 1. The molecular weight excluding hydrogens is 487 g/mol. The standard InChI is InChI=1S/C27H20Cl2N2O4/c1-34-25-13-17(9-12-24(25)35-27(33)20-10-11-22(28)23(29)14-20)16-30-31-26(32)15-19-7-4-6-18-5-2-3-8-21(18)19/h2-14,16H,15H2,1H3,(H,31,32)/b30-16-. The predicted octanol–water partition coefficient (Wildman–Crippen LogP) is 6.07. The zero-order valence-corrected chi connectivity index (χ0v) is 20.1. The molecule has 0 aromatic heterocycles. The van der Waals surface area contributed by atoms with Crippen LogP contribution in [-0.2, 0) is 11.2 Å². The Morgan fingerprint density at radius 1 is 0.914 bits per heavy atom. The topological polar surface area (TPSA) is 77.0 Å². The highest BCUT2D eigenvalue weighted by atomic mass is 35.5. The van der Waals surface area contributed by atoms with Gasteiger partial charge < -0.3 is 9.47 Å². The molecule has 0 atom stereocenters. The molecule has 0 unspecified atom stereocenters. The van der Waals surface area contributed by atoms with Crippen LogP contribution in [0.3, 0.4) is 0 Å². The first kappa shape index (κ1) is 24.3. The molecule has 4 aromatic carbocycles. The van der Waals surface area contributed by atoms with E-state index in [4.69, 9.17) is 32.7 Å². The molecule has 0 aliphatic heterocycles. The number of carbonyl (C=O) groups is 2. The van der Waals surface area contributed by atoms with Crippen molar-refractivity contribution in [2.75, 3.05) is 7.11 Å². The van der Waals surface area contributed by atoms with Crippen LogP contribution in [0.5, 0.6) is 11.5 Å². The number of fused-ring (bicyclic) bond motifs is 1. The summed E-state index contributed by atoms with van der Waals surface area (Å²) in [6.07, 6.45) is 1.68. The molecule has 6 nitrogen and oxygen atoms in total. The monoisotopic (exact) mass is 506 g/mol. The van der Waals surface area contributed by atoms with Gasteiger partial charge in [-0.1, -0.05) is 65.7 Å². The van der Waals surface area contributed by atoms with Crippen molar-refractivity contribution in [3.8, 4) is 11.5 Å². The third kappa shape index (κ3) is 5.98. The van der Waals surface area contributed by atoms with Crippen LogP contribution in [-0.4, -0.2) is 25.2 Å². The number of rotatable bonds is 7. The number of nitrogens with one attached hydrogen (secondary N) is 1. The van der Waals surface area contributed by atoms with Gasteiger partial charge in [0, 0.05) is 0 Å². The molecule has 0 heterocycles. The molecule has 0 spiro atoms. The van der Waals surface area contributed by atoms with Gasteiger partial charge in [-0.2, -0.15) is 5.10 Å². The molecule has 1 amide bonds. The number of halogens is 2. The molecule has 1 N–H and O–H groups in total. The Morgan fingerprint density at radius 2 is 1.71 bits per heavy atom. The van der Waals surface area contributed by atoms with Gasteiger partial charge in [-0.3, -0.25) is 4.79 Å². The molecule has 4 rings (SSSR count). The Kier molecular flexibility index (Phi) is 7.65. The molecule has 4 aromatic rings. The average molecular weight is 507 g/mol. The van der Waals surface area contributed by atoms with Crippen molar-refractivity contribution in [3.05, 3.63) is 106 Å². The smallest absolute Gasteiger partial charge is 0.343 e. The largest absolute Gasteiger partial charge is 0.493 e. The highest BCUT2D eigenvalue weighted by molar-refractivity contribution is 6.42. The summed E-state index contributed by atoms with van der Waals surface area (Å²) in [7, 11) is 1.46. The zero-order valence-electron chi connectivity index (χ0n) is 18.6. The third-order valence-electron chi connectivity index (χ3n) is 5.18. The van der Waals surface area contributed by atoms with E-state index in [1.807, 2.05) is 42.5 Å². The zero-order chi connectivity index (χ0) is 24.8. The Balaban J connectivity index is 1.40. The van der Waals surface area contributed by atoms with Crippen LogP contribution in [0.25, 0.3) is 10.8 Å². The highest BCUT2D eigenvalue weighted by Crippen LogP contribution is 2.29. The van der Waals surface area contributed by atoms with Gasteiger partial charge in [0.1, 0.15) is 0 Å². The highest BCUT2D eigenvalue weighted by Gasteiger charge is 2.14. The lowest BCUT2D eigenvalue weighted by Gasteiger charge is -2.10. The Bertz CT molecular complexity index is 1430. The fourth-order valence-electron chi connectivity index (χ4n) is 3.47. The maximum absolute atomic E-state index is 12.5. The van der Waals surface area contributed by atoms with Crippen molar-refractivity contribution < 1.29 is 19.1 Å². The fraction of sp³-hybridized carbons (Fsp3) is 0.0741. The summed E-state index contributed by atoms with van der Waals surface area (Å²) in [6.45, 7) is 0. The van der Waals surface area contributed by atoms with Gasteiger partial charge in [0.15, 0.2) is 11.5 Å². The van der Waals surface area contributed by atoms with Gasteiger partial charge in [-0.15, -0.1) is 0 Å². The molecule has 35 heavy (non-hydrogen) atoms.